The first-order valence-electron chi connectivity index (χ1n) is 6.86. The molecule has 1 N–H and O–H groups in total. The van der Waals surface area contributed by atoms with Gasteiger partial charge in [0.15, 0.2) is 0 Å². The molecule has 1 aromatic rings. The molecule has 1 aliphatic heterocycles. The second kappa shape index (κ2) is 6.04. The molecule has 0 radical (unpaired) electrons. The molecule has 0 bridgehead atoms. The van der Waals surface area contributed by atoms with Gasteiger partial charge in [-0.2, -0.15) is 8.42 Å². The molecule has 1 unspecified atom stereocenters. The molecule has 0 aromatic heterocycles. The Morgan fingerprint density at radius 2 is 2.14 bits per heavy atom. The Hall–Kier alpha value is -1.96. The molecule has 1 saturated heterocycles. The van der Waals surface area contributed by atoms with Crippen molar-refractivity contribution in [2.24, 2.45) is 0 Å². The van der Waals surface area contributed by atoms with Crippen LogP contribution in [0.2, 0.25) is 0 Å². The zero-order chi connectivity index (χ0) is 16.5. The van der Waals surface area contributed by atoms with E-state index in [1.165, 1.54) is 4.90 Å². The molecule has 6 nitrogen and oxygen atoms in total. The van der Waals surface area contributed by atoms with Crippen LogP contribution in [0, 0.1) is 6.92 Å². The summed E-state index contributed by atoms with van der Waals surface area (Å²) in [7, 11) is -4.74. The molecule has 2 amide bonds. The van der Waals surface area contributed by atoms with Crippen molar-refractivity contribution >= 4 is 27.7 Å². The summed E-state index contributed by atoms with van der Waals surface area (Å²) >= 11 is 0. The van der Waals surface area contributed by atoms with Gasteiger partial charge in [0, 0.05) is 30.8 Å². The number of hydrogen-bond donors (Lipinski definition) is 1. The normalized spacial score (nSPS) is 18.6. The predicted molar refractivity (Wildman–Crippen MR) is 80.0 cm³/mol. The Morgan fingerprint density at radius 3 is 2.64 bits per heavy atom. The van der Waals surface area contributed by atoms with Crippen LogP contribution in [0.1, 0.15) is 29.3 Å². The summed E-state index contributed by atoms with van der Waals surface area (Å²) in [5.74, 6) is -0.672. The quantitative estimate of drug-likeness (QED) is 0.841. The van der Waals surface area contributed by atoms with Gasteiger partial charge < -0.3 is 10.2 Å². The average Bonchev–Trinajstić information content (AvgIpc) is 2.81. The minimum atomic E-state index is -4.74. The number of nitrogens with one attached hydrogen (secondary N) is 1. The highest BCUT2D eigenvalue weighted by atomic mass is 32.3. The zero-order valence-corrected chi connectivity index (χ0v) is 13.1. The summed E-state index contributed by atoms with van der Waals surface area (Å²) in [6, 6.07) is 4.74. The number of carbonyl (C=O) groups is 2. The third-order valence-electron chi connectivity index (χ3n) is 3.57. The standard InChI is InChI=1S/C14H17FN2O4S/c1-3-16-14(19)10-4-5-12(9(2)6-10)17-8-11(7-13(17)18)22(15,20)21/h4-6,11H,3,7-8H2,1-2H3,(H,16,19). The maximum absolute atomic E-state index is 13.1. The highest BCUT2D eigenvalue weighted by Crippen LogP contribution is 2.29. The van der Waals surface area contributed by atoms with E-state index in [1.807, 2.05) is 0 Å². The van der Waals surface area contributed by atoms with Crippen LogP contribution in [-0.4, -0.2) is 38.6 Å². The lowest BCUT2D eigenvalue weighted by Crippen LogP contribution is -2.28. The average molecular weight is 328 g/mol. The van der Waals surface area contributed by atoms with E-state index < -0.39 is 21.4 Å². The van der Waals surface area contributed by atoms with Crippen molar-refractivity contribution in [2.45, 2.75) is 25.5 Å². The van der Waals surface area contributed by atoms with Gasteiger partial charge >= 0.3 is 10.2 Å². The van der Waals surface area contributed by atoms with Crippen molar-refractivity contribution in [3.8, 4) is 0 Å². The summed E-state index contributed by atoms with van der Waals surface area (Å²) in [5, 5.41) is 1.33. The fourth-order valence-electron chi connectivity index (χ4n) is 2.46. The number of aryl methyl sites for hydroxylation is 1. The number of amides is 2. The summed E-state index contributed by atoms with van der Waals surface area (Å²) < 4.78 is 35.0. The van der Waals surface area contributed by atoms with Gasteiger partial charge in [0.05, 0.1) is 0 Å². The maximum atomic E-state index is 13.1. The number of anilines is 1. The molecule has 8 heteroatoms. The third-order valence-corrected chi connectivity index (χ3v) is 4.69. The Bertz CT molecular complexity index is 718. The van der Waals surface area contributed by atoms with E-state index in [0.29, 0.717) is 23.4 Å². The van der Waals surface area contributed by atoms with Gasteiger partial charge in [0.1, 0.15) is 5.25 Å². The number of halogens is 1. The Labute approximate surface area is 128 Å². The summed E-state index contributed by atoms with van der Waals surface area (Å²) in [6.45, 7) is 3.81. The van der Waals surface area contributed by atoms with Crippen LogP contribution in [0.15, 0.2) is 18.2 Å². The van der Waals surface area contributed by atoms with Crippen LogP contribution in [0.5, 0.6) is 0 Å². The lowest BCUT2D eigenvalue weighted by Gasteiger charge is -2.19. The van der Waals surface area contributed by atoms with Crippen molar-refractivity contribution in [3.05, 3.63) is 29.3 Å². The number of hydrogen-bond acceptors (Lipinski definition) is 4. The molecule has 0 spiro atoms. The number of rotatable bonds is 4. The van der Waals surface area contributed by atoms with E-state index in [2.05, 4.69) is 5.32 Å². The predicted octanol–water partition coefficient (Wildman–Crippen LogP) is 1.15. The van der Waals surface area contributed by atoms with Gasteiger partial charge in [0.25, 0.3) is 5.91 Å². The second-order valence-electron chi connectivity index (χ2n) is 5.17. The lowest BCUT2D eigenvalue weighted by atomic mass is 10.1. The third kappa shape index (κ3) is 3.27. The Balaban J connectivity index is 2.27. The molecule has 0 saturated carbocycles. The first-order chi connectivity index (χ1) is 10.2. The van der Waals surface area contributed by atoms with E-state index in [9.17, 15) is 21.9 Å². The maximum Gasteiger partial charge on any atom is 0.307 e. The van der Waals surface area contributed by atoms with Crippen LogP contribution in [-0.2, 0) is 15.0 Å². The summed E-state index contributed by atoms with van der Waals surface area (Å²) in [4.78, 5) is 24.9. The van der Waals surface area contributed by atoms with Gasteiger partial charge in [-0.3, -0.25) is 9.59 Å². The van der Waals surface area contributed by atoms with Crippen LogP contribution < -0.4 is 10.2 Å². The lowest BCUT2D eigenvalue weighted by molar-refractivity contribution is -0.117. The van der Waals surface area contributed by atoms with E-state index in [-0.39, 0.29) is 18.9 Å². The van der Waals surface area contributed by atoms with Gasteiger partial charge in [-0.15, -0.1) is 3.89 Å². The van der Waals surface area contributed by atoms with E-state index in [0.717, 1.165) is 0 Å². The van der Waals surface area contributed by atoms with Crippen LogP contribution >= 0.6 is 0 Å². The highest BCUT2D eigenvalue weighted by Gasteiger charge is 2.39. The van der Waals surface area contributed by atoms with Crippen molar-refractivity contribution < 1.29 is 21.9 Å². The molecular formula is C14H17FN2O4S. The summed E-state index contributed by atoms with van der Waals surface area (Å²) in [6.07, 6.45) is -0.365. The molecule has 1 heterocycles. The molecular weight excluding hydrogens is 311 g/mol. The van der Waals surface area contributed by atoms with Crippen molar-refractivity contribution in [3.63, 3.8) is 0 Å². The molecule has 1 atom stereocenters. The van der Waals surface area contributed by atoms with E-state index in [4.69, 9.17) is 0 Å². The fraction of sp³-hybridized carbons (Fsp3) is 0.429. The molecule has 120 valence electrons. The molecule has 2 rings (SSSR count). The molecule has 1 aromatic carbocycles. The minimum absolute atomic E-state index is 0.209. The first kappa shape index (κ1) is 16.4. The minimum Gasteiger partial charge on any atom is -0.352 e. The number of benzene rings is 1. The topological polar surface area (TPSA) is 83.6 Å². The van der Waals surface area contributed by atoms with Crippen LogP contribution in [0.4, 0.5) is 9.57 Å². The summed E-state index contributed by atoms with van der Waals surface area (Å²) in [5.41, 5.74) is 1.59. The Morgan fingerprint density at radius 1 is 1.45 bits per heavy atom. The monoisotopic (exact) mass is 328 g/mol. The molecule has 0 aliphatic carbocycles. The highest BCUT2D eigenvalue weighted by molar-refractivity contribution is 7.87. The smallest absolute Gasteiger partial charge is 0.307 e. The fourth-order valence-corrected chi connectivity index (χ4v) is 3.13. The van der Waals surface area contributed by atoms with Gasteiger partial charge in [-0.05, 0) is 37.6 Å². The van der Waals surface area contributed by atoms with E-state index in [1.54, 1.807) is 32.0 Å². The molecule has 1 fully saturated rings. The van der Waals surface area contributed by atoms with Crippen molar-refractivity contribution in [1.82, 2.24) is 5.32 Å². The van der Waals surface area contributed by atoms with Gasteiger partial charge in [0.2, 0.25) is 5.91 Å². The second-order valence-corrected chi connectivity index (χ2v) is 6.78. The van der Waals surface area contributed by atoms with E-state index >= 15 is 0 Å². The number of nitrogens with zero attached hydrogens (tertiary/aromatic N) is 1. The zero-order valence-electron chi connectivity index (χ0n) is 12.3. The largest absolute Gasteiger partial charge is 0.352 e. The Kier molecular flexibility index (Phi) is 4.50. The molecule has 22 heavy (non-hydrogen) atoms. The first-order valence-corrected chi connectivity index (χ1v) is 8.31. The number of carbonyl (C=O) groups excluding carboxylic acids is 2. The molecule has 1 aliphatic rings. The van der Waals surface area contributed by atoms with Crippen molar-refractivity contribution in [2.75, 3.05) is 18.0 Å². The van der Waals surface area contributed by atoms with Gasteiger partial charge in [-0.25, -0.2) is 0 Å². The van der Waals surface area contributed by atoms with Crippen molar-refractivity contribution in [1.29, 1.82) is 0 Å². The van der Waals surface area contributed by atoms with Crippen LogP contribution in [0.25, 0.3) is 0 Å². The SMILES string of the molecule is CCNC(=O)c1ccc(N2CC(S(=O)(=O)F)CC2=O)c(C)c1. The van der Waals surface area contributed by atoms with Gasteiger partial charge in [-0.1, -0.05) is 0 Å². The van der Waals surface area contributed by atoms with Crippen LogP contribution in [0.3, 0.4) is 0 Å².